The molecule has 96 valence electrons. The largest absolute Gasteiger partial charge is 0.508 e. The summed E-state index contributed by atoms with van der Waals surface area (Å²) in [5, 5.41) is 13.1. The minimum Gasteiger partial charge on any atom is -0.508 e. The molecule has 17 heavy (non-hydrogen) atoms. The second kappa shape index (κ2) is 6.65. The maximum Gasteiger partial charge on any atom is 0.115 e. The summed E-state index contributed by atoms with van der Waals surface area (Å²) in [5.74, 6) is 1.06. The molecule has 2 unspecified atom stereocenters. The highest BCUT2D eigenvalue weighted by Gasteiger charge is 2.16. The molecule has 0 saturated heterocycles. The molecule has 1 aromatic carbocycles. The summed E-state index contributed by atoms with van der Waals surface area (Å²) in [5.41, 5.74) is 1.14. The number of hydrogen-bond donors (Lipinski definition) is 2. The van der Waals surface area contributed by atoms with Crippen LogP contribution in [0.25, 0.3) is 0 Å². The van der Waals surface area contributed by atoms with Gasteiger partial charge in [0.05, 0.1) is 0 Å². The van der Waals surface area contributed by atoms with Crippen LogP contribution in [0.1, 0.15) is 52.1 Å². The van der Waals surface area contributed by atoms with Crippen molar-refractivity contribution >= 4 is 0 Å². The number of phenols is 1. The van der Waals surface area contributed by atoms with E-state index in [0.29, 0.717) is 11.8 Å². The van der Waals surface area contributed by atoms with Gasteiger partial charge in [-0.1, -0.05) is 38.8 Å². The smallest absolute Gasteiger partial charge is 0.115 e. The summed E-state index contributed by atoms with van der Waals surface area (Å²) >= 11 is 0. The van der Waals surface area contributed by atoms with Crippen molar-refractivity contribution in [3.8, 4) is 5.75 Å². The fraction of sp³-hybridized carbons (Fsp3) is 0.600. The average molecular weight is 235 g/mol. The zero-order valence-corrected chi connectivity index (χ0v) is 11.4. The molecule has 0 amide bonds. The highest BCUT2D eigenvalue weighted by Crippen LogP contribution is 2.21. The molecule has 1 rings (SSSR count). The molecule has 0 aromatic heterocycles. The van der Waals surface area contributed by atoms with Crippen LogP contribution in [-0.4, -0.2) is 11.1 Å². The molecule has 0 aliphatic rings. The first-order valence-corrected chi connectivity index (χ1v) is 6.63. The van der Waals surface area contributed by atoms with Gasteiger partial charge in [-0.05, 0) is 37.5 Å². The summed E-state index contributed by atoms with van der Waals surface area (Å²) < 4.78 is 0. The van der Waals surface area contributed by atoms with Gasteiger partial charge in [0, 0.05) is 12.1 Å². The summed E-state index contributed by atoms with van der Waals surface area (Å²) in [6.45, 7) is 8.88. The minimum atomic E-state index is 0.276. The Morgan fingerprint density at radius 3 is 2.35 bits per heavy atom. The number of nitrogens with one attached hydrogen (secondary N) is 1. The molecule has 2 atom stereocenters. The first kappa shape index (κ1) is 14.0. The Morgan fingerprint density at radius 2 is 1.82 bits per heavy atom. The summed E-state index contributed by atoms with van der Waals surface area (Å²) in [7, 11) is 0. The van der Waals surface area contributed by atoms with Crippen molar-refractivity contribution in [2.75, 3.05) is 0 Å². The third-order valence-corrected chi connectivity index (χ3v) is 3.64. The zero-order valence-electron chi connectivity index (χ0n) is 11.4. The van der Waals surface area contributed by atoms with Gasteiger partial charge in [0.1, 0.15) is 5.75 Å². The molecule has 0 fully saturated rings. The van der Waals surface area contributed by atoms with Crippen LogP contribution in [0.5, 0.6) is 5.75 Å². The van der Waals surface area contributed by atoms with Crippen LogP contribution < -0.4 is 5.32 Å². The van der Waals surface area contributed by atoms with Gasteiger partial charge in [0.2, 0.25) is 0 Å². The first-order chi connectivity index (χ1) is 8.08. The molecular formula is C15H25NO. The van der Waals surface area contributed by atoms with E-state index in [9.17, 15) is 5.11 Å². The summed E-state index contributed by atoms with van der Waals surface area (Å²) in [4.78, 5) is 0. The quantitative estimate of drug-likeness (QED) is 0.784. The van der Waals surface area contributed by atoms with Gasteiger partial charge >= 0.3 is 0 Å². The number of aromatic hydroxyl groups is 1. The molecule has 0 aliphatic heterocycles. The van der Waals surface area contributed by atoms with Crippen LogP contribution in [0.4, 0.5) is 0 Å². The van der Waals surface area contributed by atoms with Crippen molar-refractivity contribution in [2.24, 2.45) is 5.92 Å². The normalized spacial score (nSPS) is 14.9. The second-order valence-electron chi connectivity index (χ2n) is 4.85. The Bertz CT molecular complexity index is 333. The van der Waals surface area contributed by atoms with E-state index in [1.807, 2.05) is 12.1 Å². The molecule has 0 heterocycles. The first-order valence-electron chi connectivity index (χ1n) is 6.63. The Balaban J connectivity index is 2.62. The fourth-order valence-corrected chi connectivity index (χ4v) is 2.42. The Hall–Kier alpha value is -1.02. The summed E-state index contributed by atoms with van der Waals surface area (Å²) in [6.07, 6.45) is 2.41. The van der Waals surface area contributed by atoms with E-state index >= 15 is 0 Å². The minimum absolute atomic E-state index is 0.276. The van der Waals surface area contributed by atoms with Gasteiger partial charge in [-0.15, -0.1) is 0 Å². The second-order valence-corrected chi connectivity index (χ2v) is 4.85. The van der Waals surface area contributed by atoms with Gasteiger partial charge < -0.3 is 10.4 Å². The van der Waals surface area contributed by atoms with Crippen molar-refractivity contribution in [3.63, 3.8) is 0 Å². The monoisotopic (exact) mass is 235 g/mol. The predicted molar refractivity (Wildman–Crippen MR) is 73.2 cm³/mol. The highest BCUT2D eigenvalue weighted by atomic mass is 16.3. The van der Waals surface area contributed by atoms with Crippen LogP contribution in [0.15, 0.2) is 24.3 Å². The third-order valence-electron chi connectivity index (χ3n) is 3.64. The lowest BCUT2D eigenvalue weighted by Gasteiger charge is -2.26. The lowest BCUT2D eigenvalue weighted by Crippen LogP contribution is -2.34. The van der Waals surface area contributed by atoms with Crippen molar-refractivity contribution in [2.45, 2.75) is 52.6 Å². The van der Waals surface area contributed by atoms with Crippen LogP contribution in [0, 0.1) is 5.92 Å². The van der Waals surface area contributed by atoms with Crippen LogP contribution >= 0.6 is 0 Å². The van der Waals surface area contributed by atoms with E-state index < -0.39 is 0 Å². The van der Waals surface area contributed by atoms with Crippen LogP contribution in [0.3, 0.4) is 0 Å². The van der Waals surface area contributed by atoms with E-state index in [4.69, 9.17) is 0 Å². The molecule has 1 aromatic rings. The standard InChI is InChI=1S/C15H25NO/c1-5-13(6-2)11(3)16-12(4)14-8-7-9-15(17)10-14/h7-13,16-17H,5-6H2,1-4H3. The molecular weight excluding hydrogens is 210 g/mol. The van der Waals surface area contributed by atoms with Gasteiger partial charge in [0.25, 0.3) is 0 Å². The summed E-state index contributed by atoms with van der Waals surface area (Å²) in [6, 6.07) is 8.26. The number of hydrogen-bond acceptors (Lipinski definition) is 2. The number of phenolic OH excluding ortho intramolecular Hbond substituents is 1. The van der Waals surface area contributed by atoms with Crippen LogP contribution in [0.2, 0.25) is 0 Å². The highest BCUT2D eigenvalue weighted by molar-refractivity contribution is 5.29. The van der Waals surface area contributed by atoms with Gasteiger partial charge in [-0.25, -0.2) is 0 Å². The maximum absolute atomic E-state index is 9.47. The Kier molecular flexibility index (Phi) is 5.49. The van der Waals surface area contributed by atoms with Gasteiger partial charge in [-0.3, -0.25) is 0 Å². The van der Waals surface area contributed by atoms with Crippen molar-refractivity contribution in [1.82, 2.24) is 5.32 Å². The topological polar surface area (TPSA) is 32.3 Å². The number of rotatable bonds is 6. The molecule has 0 spiro atoms. The van der Waals surface area contributed by atoms with Crippen molar-refractivity contribution in [1.29, 1.82) is 0 Å². The van der Waals surface area contributed by atoms with E-state index in [1.54, 1.807) is 6.07 Å². The van der Waals surface area contributed by atoms with Crippen molar-refractivity contribution < 1.29 is 5.11 Å². The number of benzene rings is 1. The molecule has 0 bridgehead atoms. The van der Waals surface area contributed by atoms with E-state index in [-0.39, 0.29) is 6.04 Å². The molecule has 2 N–H and O–H groups in total. The predicted octanol–water partition coefficient (Wildman–Crippen LogP) is 3.87. The SMILES string of the molecule is CCC(CC)C(C)NC(C)c1cccc(O)c1. The van der Waals surface area contributed by atoms with Gasteiger partial charge in [-0.2, -0.15) is 0 Å². The van der Waals surface area contributed by atoms with E-state index in [1.165, 1.54) is 12.8 Å². The lowest BCUT2D eigenvalue weighted by molar-refractivity contribution is 0.330. The molecule has 0 aliphatic carbocycles. The molecule has 0 saturated carbocycles. The molecule has 0 radical (unpaired) electrons. The van der Waals surface area contributed by atoms with E-state index in [2.05, 4.69) is 39.1 Å². The zero-order chi connectivity index (χ0) is 12.8. The third kappa shape index (κ3) is 4.04. The van der Waals surface area contributed by atoms with E-state index in [0.717, 1.165) is 11.5 Å². The Labute approximate surface area is 105 Å². The van der Waals surface area contributed by atoms with Crippen LogP contribution in [-0.2, 0) is 0 Å². The average Bonchev–Trinajstić information content (AvgIpc) is 2.30. The Morgan fingerprint density at radius 1 is 1.18 bits per heavy atom. The fourth-order valence-electron chi connectivity index (χ4n) is 2.42. The van der Waals surface area contributed by atoms with Crippen molar-refractivity contribution in [3.05, 3.63) is 29.8 Å². The molecule has 2 heteroatoms. The maximum atomic E-state index is 9.47. The lowest BCUT2D eigenvalue weighted by atomic mass is 9.94. The molecule has 2 nitrogen and oxygen atoms in total. The van der Waals surface area contributed by atoms with Gasteiger partial charge in [0.15, 0.2) is 0 Å².